The van der Waals surface area contributed by atoms with Crippen molar-refractivity contribution in [1.29, 1.82) is 0 Å². The molecule has 0 heterocycles. The molecule has 0 aliphatic heterocycles. The molecule has 134 valence electrons. The summed E-state index contributed by atoms with van der Waals surface area (Å²) in [6.45, 7) is 3.90. The second kappa shape index (κ2) is 7.97. The predicted molar refractivity (Wildman–Crippen MR) is 94.9 cm³/mol. The van der Waals surface area contributed by atoms with Crippen molar-refractivity contribution < 1.29 is 22.0 Å². The third kappa shape index (κ3) is 4.79. The van der Waals surface area contributed by atoms with Crippen LogP contribution < -0.4 is 5.32 Å². The molecule has 0 saturated heterocycles. The second-order valence-corrected chi connectivity index (χ2v) is 8.31. The summed E-state index contributed by atoms with van der Waals surface area (Å²) in [4.78, 5) is 12.4. The highest BCUT2D eigenvalue weighted by Crippen LogP contribution is 2.27. The number of hydrogen-bond donors (Lipinski definition) is 1. The van der Waals surface area contributed by atoms with Crippen LogP contribution in [0.5, 0.6) is 0 Å². The van der Waals surface area contributed by atoms with Crippen LogP contribution in [0.3, 0.4) is 0 Å². The third-order valence-electron chi connectivity index (χ3n) is 3.39. The van der Waals surface area contributed by atoms with Crippen LogP contribution in [0, 0.1) is 13.8 Å². The lowest BCUT2D eigenvalue weighted by Gasteiger charge is -2.11. The van der Waals surface area contributed by atoms with E-state index in [1.54, 1.807) is 0 Å². The highest BCUT2D eigenvalue weighted by atomic mass is 32.2. The van der Waals surface area contributed by atoms with Gasteiger partial charge in [0.1, 0.15) is 0 Å². The van der Waals surface area contributed by atoms with E-state index < -0.39 is 26.4 Å². The number of hydrogen-bond acceptors (Lipinski definition) is 4. The summed E-state index contributed by atoms with van der Waals surface area (Å²) in [5, 5.41) is 2.40. The van der Waals surface area contributed by atoms with Crippen LogP contribution in [-0.4, -0.2) is 25.8 Å². The van der Waals surface area contributed by atoms with Crippen molar-refractivity contribution in [3.05, 3.63) is 53.6 Å². The Labute approximate surface area is 149 Å². The SMILES string of the molecule is Cc1ccc(SCC(=O)Nc2ccccc2S(=O)(=O)C(F)F)c(C)c1. The fraction of sp³-hybridized carbons (Fsp3) is 0.235. The molecule has 4 nitrogen and oxygen atoms in total. The minimum atomic E-state index is -4.79. The molecular formula is C17H17F2NO3S2. The van der Waals surface area contributed by atoms with E-state index in [9.17, 15) is 22.0 Å². The molecule has 0 aliphatic rings. The maximum atomic E-state index is 12.8. The van der Waals surface area contributed by atoms with Gasteiger partial charge in [-0.15, -0.1) is 11.8 Å². The summed E-state index contributed by atoms with van der Waals surface area (Å²) < 4.78 is 48.9. The molecule has 2 aromatic rings. The van der Waals surface area contributed by atoms with Crippen LogP contribution in [0.4, 0.5) is 14.5 Å². The van der Waals surface area contributed by atoms with E-state index in [1.807, 2.05) is 32.0 Å². The van der Waals surface area contributed by atoms with E-state index >= 15 is 0 Å². The van der Waals surface area contributed by atoms with Crippen LogP contribution >= 0.6 is 11.8 Å². The molecule has 1 amide bonds. The number of rotatable bonds is 6. The van der Waals surface area contributed by atoms with Gasteiger partial charge >= 0.3 is 5.76 Å². The zero-order valence-corrected chi connectivity index (χ0v) is 15.3. The molecule has 0 unspecified atom stereocenters. The molecule has 0 radical (unpaired) electrons. The number of benzene rings is 2. The van der Waals surface area contributed by atoms with E-state index in [4.69, 9.17) is 0 Å². The molecule has 1 N–H and O–H groups in total. The molecule has 0 spiro atoms. The Bertz CT molecular complexity index is 883. The van der Waals surface area contributed by atoms with Crippen molar-refractivity contribution in [2.24, 2.45) is 0 Å². The zero-order valence-electron chi connectivity index (χ0n) is 13.6. The Morgan fingerprint density at radius 3 is 2.48 bits per heavy atom. The summed E-state index contributed by atoms with van der Waals surface area (Å²) in [5.74, 6) is -3.98. The lowest BCUT2D eigenvalue weighted by Crippen LogP contribution is -2.19. The monoisotopic (exact) mass is 385 g/mol. The van der Waals surface area contributed by atoms with E-state index in [0.29, 0.717) is 0 Å². The number of para-hydroxylation sites is 1. The average molecular weight is 385 g/mol. The number of alkyl halides is 2. The average Bonchev–Trinajstić information content (AvgIpc) is 2.54. The number of amides is 1. The number of nitrogens with one attached hydrogen (secondary N) is 1. The van der Waals surface area contributed by atoms with Gasteiger partial charge in [-0.05, 0) is 37.6 Å². The lowest BCUT2D eigenvalue weighted by molar-refractivity contribution is -0.113. The van der Waals surface area contributed by atoms with E-state index in [0.717, 1.165) is 22.1 Å². The summed E-state index contributed by atoms with van der Waals surface area (Å²) in [6, 6.07) is 11.0. The van der Waals surface area contributed by atoms with Gasteiger partial charge in [0.15, 0.2) is 0 Å². The Hall–Kier alpha value is -1.93. The van der Waals surface area contributed by atoms with Gasteiger partial charge in [-0.25, -0.2) is 8.42 Å². The van der Waals surface area contributed by atoms with Crippen molar-refractivity contribution >= 4 is 33.2 Å². The van der Waals surface area contributed by atoms with Crippen LogP contribution in [-0.2, 0) is 14.6 Å². The van der Waals surface area contributed by atoms with Gasteiger partial charge in [0.25, 0.3) is 0 Å². The second-order valence-electron chi connectivity index (χ2n) is 5.41. The molecule has 0 bridgehead atoms. The quantitative estimate of drug-likeness (QED) is 0.763. The number of halogens is 2. The first-order valence-corrected chi connectivity index (χ1v) is 9.86. The van der Waals surface area contributed by atoms with Crippen molar-refractivity contribution in [1.82, 2.24) is 0 Å². The minimum Gasteiger partial charge on any atom is -0.324 e. The van der Waals surface area contributed by atoms with Crippen molar-refractivity contribution in [2.75, 3.05) is 11.1 Å². The first-order valence-electron chi connectivity index (χ1n) is 7.33. The number of sulfone groups is 1. The molecule has 2 rings (SSSR count). The van der Waals surface area contributed by atoms with Gasteiger partial charge < -0.3 is 5.32 Å². The Morgan fingerprint density at radius 2 is 1.84 bits per heavy atom. The van der Waals surface area contributed by atoms with Crippen molar-refractivity contribution in [3.8, 4) is 0 Å². The first kappa shape index (κ1) is 19.4. The van der Waals surface area contributed by atoms with Gasteiger partial charge in [0.05, 0.1) is 16.3 Å². The molecule has 25 heavy (non-hydrogen) atoms. The number of carbonyl (C=O) groups is 1. The van der Waals surface area contributed by atoms with Gasteiger partial charge in [-0.2, -0.15) is 8.78 Å². The number of anilines is 1. The largest absolute Gasteiger partial charge is 0.341 e. The highest BCUT2D eigenvalue weighted by Gasteiger charge is 2.29. The molecule has 0 aliphatic carbocycles. The maximum absolute atomic E-state index is 12.8. The van der Waals surface area contributed by atoms with Gasteiger partial charge in [-0.3, -0.25) is 4.79 Å². The van der Waals surface area contributed by atoms with Gasteiger partial charge in [-0.1, -0.05) is 29.8 Å². The minimum absolute atomic E-state index is 0.0347. The zero-order chi connectivity index (χ0) is 18.6. The Balaban J connectivity index is 2.11. The van der Waals surface area contributed by atoms with Crippen LogP contribution in [0.1, 0.15) is 11.1 Å². The number of thioether (sulfide) groups is 1. The lowest BCUT2D eigenvalue weighted by atomic mass is 10.2. The molecule has 0 saturated carbocycles. The molecular weight excluding hydrogens is 368 g/mol. The van der Waals surface area contributed by atoms with E-state index in [2.05, 4.69) is 5.32 Å². The molecule has 0 aromatic heterocycles. The fourth-order valence-electron chi connectivity index (χ4n) is 2.20. The Kier molecular flexibility index (Phi) is 6.18. The number of aryl methyl sites for hydroxylation is 2. The van der Waals surface area contributed by atoms with Gasteiger partial charge in [0, 0.05) is 4.90 Å². The third-order valence-corrected chi connectivity index (χ3v) is 6.01. The first-order chi connectivity index (χ1) is 11.7. The van der Waals surface area contributed by atoms with Gasteiger partial charge in [0.2, 0.25) is 15.7 Å². The van der Waals surface area contributed by atoms with Crippen LogP contribution in [0.25, 0.3) is 0 Å². The highest BCUT2D eigenvalue weighted by molar-refractivity contribution is 8.00. The van der Waals surface area contributed by atoms with Crippen LogP contribution in [0.15, 0.2) is 52.3 Å². The van der Waals surface area contributed by atoms with Crippen molar-refractivity contribution in [3.63, 3.8) is 0 Å². The molecule has 8 heteroatoms. The summed E-state index contributed by atoms with van der Waals surface area (Å²) in [7, 11) is -4.79. The predicted octanol–water partition coefficient (Wildman–Crippen LogP) is 4.03. The maximum Gasteiger partial charge on any atom is 0.341 e. The molecule has 0 fully saturated rings. The fourth-order valence-corrected chi connectivity index (χ4v) is 3.90. The smallest absolute Gasteiger partial charge is 0.324 e. The van der Waals surface area contributed by atoms with Crippen molar-refractivity contribution in [2.45, 2.75) is 29.4 Å². The van der Waals surface area contributed by atoms with E-state index in [-0.39, 0.29) is 11.4 Å². The molecule has 0 atom stereocenters. The Morgan fingerprint density at radius 1 is 1.16 bits per heavy atom. The summed E-state index contributed by atoms with van der Waals surface area (Å²) in [5.41, 5.74) is 1.99. The number of carbonyl (C=O) groups excluding carboxylic acids is 1. The molecule has 2 aromatic carbocycles. The topological polar surface area (TPSA) is 63.2 Å². The van der Waals surface area contributed by atoms with E-state index in [1.165, 1.54) is 30.0 Å². The summed E-state index contributed by atoms with van der Waals surface area (Å²) >= 11 is 1.29. The summed E-state index contributed by atoms with van der Waals surface area (Å²) in [6.07, 6.45) is 0. The van der Waals surface area contributed by atoms with Crippen LogP contribution in [0.2, 0.25) is 0 Å². The standard InChI is InChI=1S/C17H17F2NO3S2/c1-11-7-8-14(12(2)9-11)24-10-16(21)20-13-5-3-4-6-15(13)25(22,23)17(18)19/h3-9,17H,10H2,1-2H3,(H,20,21). The normalized spacial score (nSPS) is 11.6.